The molecule has 0 fully saturated rings. The van der Waals surface area contributed by atoms with Crippen LogP contribution in [0.2, 0.25) is 5.15 Å². The van der Waals surface area contributed by atoms with Crippen LogP contribution in [0, 0.1) is 6.92 Å². The summed E-state index contributed by atoms with van der Waals surface area (Å²) in [6, 6.07) is 6.01. The molecule has 2 aromatic heterocycles. The van der Waals surface area contributed by atoms with Crippen LogP contribution in [0.3, 0.4) is 0 Å². The lowest BCUT2D eigenvalue weighted by Crippen LogP contribution is -2.23. The Morgan fingerprint density at radius 2 is 2.17 bits per heavy atom. The minimum Gasteiger partial charge on any atom is -0.291 e. The van der Waals surface area contributed by atoms with Gasteiger partial charge in [-0.15, -0.1) is 11.3 Å². The molecule has 0 saturated heterocycles. The molecule has 2 heterocycles. The maximum atomic E-state index is 5.95. The molecule has 3 nitrogen and oxygen atoms in total. The van der Waals surface area contributed by atoms with Crippen molar-refractivity contribution in [1.82, 2.24) is 14.9 Å². The molecule has 18 heavy (non-hydrogen) atoms. The minimum absolute atomic E-state index is 0.518. The summed E-state index contributed by atoms with van der Waals surface area (Å²) in [7, 11) is 0. The van der Waals surface area contributed by atoms with Gasteiger partial charge in [-0.3, -0.25) is 4.90 Å². The van der Waals surface area contributed by atoms with E-state index in [0.29, 0.717) is 5.15 Å². The van der Waals surface area contributed by atoms with Crippen LogP contribution in [0.4, 0.5) is 0 Å². The van der Waals surface area contributed by atoms with Gasteiger partial charge in [-0.2, -0.15) is 0 Å². The molecule has 5 heteroatoms. The number of rotatable bonds is 5. The predicted molar refractivity (Wildman–Crippen MR) is 75.9 cm³/mol. The fraction of sp³-hybridized carbons (Fsp3) is 0.385. The van der Waals surface area contributed by atoms with Gasteiger partial charge in [-0.25, -0.2) is 9.97 Å². The second-order valence-electron chi connectivity index (χ2n) is 4.13. The number of thiophene rings is 1. The third-order valence-corrected chi connectivity index (χ3v) is 3.70. The van der Waals surface area contributed by atoms with Gasteiger partial charge in [0.1, 0.15) is 11.0 Å². The molecule has 0 bridgehead atoms. The van der Waals surface area contributed by atoms with Crippen molar-refractivity contribution in [2.45, 2.75) is 26.9 Å². The van der Waals surface area contributed by atoms with E-state index in [1.54, 1.807) is 17.4 Å². The Bertz CT molecular complexity index is 479. The first-order valence-electron chi connectivity index (χ1n) is 5.92. The fourth-order valence-electron chi connectivity index (χ4n) is 1.76. The van der Waals surface area contributed by atoms with Crippen molar-refractivity contribution in [2.75, 3.05) is 6.54 Å². The summed E-state index contributed by atoms with van der Waals surface area (Å²) in [4.78, 5) is 12.3. The number of hydrogen-bond acceptors (Lipinski definition) is 4. The molecule has 2 rings (SSSR count). The quantitative estimate of drug-likeness (QED) is 0.785. The van der Waals surface area contributed by atoms with E-state index in [4.69, 9.17) is 11.6 Å². The largest absolute Gasteiger partial charge is 0.291 e. The highest BCUT2D eigenvalue weighted by atomic mass is 35.5. The Morgan fingerprint density at radius 3 is 2.78 bits per heavy atom. The summed E-state index contributed by atoms with van der Waals surface area (Å²) in [5.41, 5.74) is 0.914. The first kappa shape index (κ1) is 13.5. The first-order chi connectivity index (χ1) is 8.67. The van der Waals surface area contributed by atoms with Crippen LogP contribution >= 0.6 is 22.9 Å². The van der Waals surface area contributed by atoms with Crippen LogP contribution < -0.4 is 0 Å². The van der Waals surface area contributed by atoms with Crippen molar-refractivity contribution in [1.29, 1.82) is 0 Å². The molecule has 0 N–H and O–H groups in total. The van der Waals surface area contributed by atoms with Crippen molar-refractivity contribution >= 4 is 22.9 Å². The zero-order valence-electron chi connectivity index (χ0n) is 10.6. The predicted octanol–water partition coefficient (Wildman–Crippen LogP) is 3.52. The fourth-order valence-corrected chi connectivity index (χ4v) is 2.76. The van der Waals surface area contributed by atoms with Gasteiger partial charge >= 0.3 is 0 Å². The summed E-state index contributed by atoms with van der Waals surface area (Å²) in [6.45, 7) is 6.71. The molecule has 0 aliphatic carbocycles. The molecule has 0 aromatic carbocycles. The maximum absolute atomic E-state index is 5.95. The van der Waals surface area contributed by atoms with Crippen LogP contribution in [0.5, 0.6) is 0 Å². The first-order valence-corrected chi connectivity index (χ1v) is 7.18. The number of aryl methyl sites for hydroxylation is 1. The van der Waals surface area contributed by atoms with Gasteiger partial charge in [0, 0.05) is 17.1 Å². The van der Waals surface area contributed by atoms with Gasteiger partial charge < -0.3 is 0 Å². The van der Waals surface area contributed by atoms with Gasteiger partial charge in [0.25, 0.3) is 0 Å². The lowest BCUT2D eigenvalue weighted by Gasteiger charge is -2.18. The lowest BCUT2D eigenvalue weighted by atomic mass is 10.3. The van der Waals surface area contributed by atoms with Gasteiger partial charge in [0.15, 0.2) is 0 Å². The highest BCUT2D eigenvalue weighted by Gasteiger charge is 2.08. The minimum atomic E-state index is 0.518. The van der Waals surface area contributed by atoms with E-state index >= 15 is 0 Å². The zero-order valence-corrected chi connectivity index (χ0v) is 12.1. The summed E-state index contributed by atoms with van der Waals surface area (Å²) >= 11 is 7.73. The van der Waals surface area contributed by atoms with Crippen molar-refractivity contribution in [3.63, 3.8) is 0 Å². The van der Waals surface area contributed by atoms with E-state index < -0.39 is 0 Å². The van der Waals surface area contributed by atoms with Gasteiger partial charge in [0.2, 0.25) is 0 Å². The molecule has 0 unspecified atom stereocenters. The van der Waals surface area contributed by atoms with E-state index in [1.165, 1.54) is 4.88 Å². The molecule has 0 atom stereocenters. The highest BCUT2D eigenvalue weighted by molar-refractivity contribution is 7.09. The van der Waals surface area contributed by atoms with Gasteiger partial charge in [0.05, 0.1) is 6.54 Å². The number of aromatic nitrogens is 2. The molecule has 0 spiro atoms. The molecule has 0 aliphatic heterocycles. The topological polar surface area (TPSA) is 29.0 Å². The normalized spacial score (nSPS) is 11.1. The lowest BCUT2D eigenvalue weighted by molar-refractivity contribution is 0.266. The van der Waals surface area contributed by atoms with Crippen molar-refractivity contribution in [3.8, 4) is 0 Å². The SMILES string of the molecule is CCN(Cc1nc(C)cc(Cl)n1)Cc1cccs1. The summed E-state index contributed by atoms with van der Waals surface area (Å²) in [6.07, 6.45) is 0. The van der Waals surface area contributed by atoms with Crippen LogP contribution in [-0.4, -0.2) is 21.4 Å². The van der Waals surface area contributed by atoms with Crippen LogP contribution in [0.25, 0.3) is 0 Å². The van der Waals surface area contributed by atoms with Crippen molar-refractivity contribution in [3.05, 3.63) is 45.1 Å². The van der Waals surface area contributed by atoms with Crippen LogP contribution in [0.15, 0.2) is 23.6 Å². The van der Waals surface area contributed by atoms with Crippen molar-refractivity contribution < 1.29 is 0 Å². The molecular weight excluding hydrogens is 266 g/mol. The van der Waals surface area contributed by atoms with Gasteiger partial charge in [-0.1, -0.05) is 24.6 Å². The summed E-state index contributed by atoms with van der Waals surface area (Å²) < 4.78 is 0. The third kappa shape index (κ3) is 3.77. The molecular formula is C13H16ClN3S. The van der Waals surface area contributed by atoms with Crippen LogP contribution in [-0.2, 0) is 13.1 Å². The van der Waals surface area contributed by atoms with Crippen molar-refractivity contribution in [2.24, 2.45) is 0 Å². The van der Waals surface area contributed by atoms with E-state index in [0.717, 1.165) is 31.2 Å². The average Bonchev–Trinajstić information content (AvgIpc) is 2.79. The Hall–Kier alpha value is -0.970. The zero-order chi connectivity index (χ0) is 13.0. The number of halogens is 1. The second kappa shape index (κ2) is 6.27. The van der Waals surface area contributed by atoms with E-state index in [-0.39, 0.29) is 0 Å². The molecule has 0 amide bonds. The monoisotopic (exact) mass is 281 g/mol. The van der Waals surface area contributed by atoms with E-state index in [9.17, 15) is 0 Å². The molecule has 96 valence electrons. The standard InChI is InChI=1S/C13H16ClN3S/c1-3-17(8-11-5-4-6-18-11)9-13-15-10(2)7-12(14)16-13/h4-7H,3,8-9H2,1-2H3. The second-order valence-corrected chi connectivity index (χ2v) is 5.55. The summed E-state index contributed by atoms with van der Waals surface area (Å²) in [5.74, 6) is 0.790. The van der Waals surface area contributed by atoms with E-state index in [2.05, 4.69) is 39.3 Å². The highest BCUT2D eigenvalue weighted by Crippen LogP contribution is 2.14. The molecule has 2 aromatic rings. The van der Waals surface area contributed by atoms with E-state index in [1.807, 2.05) is 6.92 Å². The number of hydrogen-bond donors (Lipinski definition) is 0. The molecule has 0 aliphatic rings. The Labute approximate surface area is 116 Å². The Morgan fingerprint density at radius 1 is 1.33 bits per heavy atom. The van der Waals surface area contributed by atoms with Crippen LogP contribution in [0.1, 0.15) is 23.3 Å². The smallest absolute Gasteiger partial charge is 0.144 e. The maximum Gasteiger partial charge on any atom is 0.144 e. The molecule has 0 saturated carbocycles. The average molecular weight is 282 g/mol. The number of nitrogens with zero attached hydrogens (tertiary/aromatic N) is 3. The van der Waals surface area contributed by atoms with Gasteiger partial charge in [-0.05, 0) is 31.0 Å². The Kier molecular flexibility index (Phi) is 4.69. The third-order valence-electron chi connectivity index (χ3n) is 2.64. The summed E-state index contributed by atoms with van der Waals surface area (Å²) in [5, 5.41) is 2.62. The Balaban J connectivity index is 2.05. The molecule has 0 radical (unpaired) electrons.